The Bertz CT molecular complexity index is 946. The molecule has 0 unspecified atom stereocenters. The van der Waals surface area contributed by atoms with Crippen molar-refractivity contribution in [1.29, 1.82) is 0 Å². The molecule has 0 radical (unpaired) electrons. The Kier molecular flexibility index (Phi) is 4.46. The fourth-order valence-corrected chi connectivity index (χ4v) is 3.63. The minimum atomic E-state index is -0.0976. The van der Waals surface area contributed by atoms with E-state index in [0.717, 1.165) is 24.0 Å². The average Bonchev–Trinajstić information content (AvgIpc) is 3.24. The monoisotopic (exact) mass is 372 g/mol. The molecule has 136 valence electrons. The lowest BCUT2D eigenvalue weighted by Gasteiger charge is -2.34. The molecule has 1 aromatic carbocycles. The van der Waals surface area contributed by atoms with Crippen LogP contribution in [-0.2, 0) is 6.54 Å². The Hall–Kier alpha value is -2.31. The van der Waals surface area contributed by atoms with E-state index in [4.69, 9.17) is 16.0 Å². The third-order valence-electron chi connectivity index (χ3n) is 4.81. The molecule has 1 aliphatic heterocycles. The molecule has 0 saturated carbocycles. The number of imidazole rings is 1. The largest absolute Gasteiger partial charge is 0.451 e. The predicted molar refractivity (Wildman–Crippen MR) is 100 cm³/mol. The number of nitrogens with zero attached hydrogens (tertiary/aromatic N) is 4. The summed E-state index contributed by atoms with van der Waals surface area (Å²) in [4.78, 5) is 21.3. The fourth-order valence-electron chi connectivity index (χ4n) is 3.45. The van der Waals surface area contributed by atoms with Crippen molar-refractivity contribution in [3.63, 3.8) is 0 Å². The molecule has 4 rings (SSSR count). The first-order valence-corrected chi connectivity index (χ1v) is 9.03. The second kappa shape index (κ2) is 6.78. The molecule has 3 heterocycles. The molecular formula is C19H21ClN4O2. The normalized spacial score (nSPS) is 17.1. The lowest BCUT2D eigenvalue weighted by molar-refractivity contribution is 0.0640. The number of rotatable bonds is 4. The van der Waals surface area contributed by atoms with E-state index in [1.54, 1.807) is 18.2 Å². The van der Waals surface area contributed by atoms with Gasteiger partial charge in [0.1, 0.15) is 5.58 Å². The van der Waals surface area contributed by atoms with Crippen LogP contribution in [0.1, 0.15) is 28.7 Å². The number of aromatic nitrogens is 2. The summed E-state index contributed by atoms with van der Waals surface area (Å²) in [6, 6.07) is 7.34. The van der Waals surface area contributed by atoms with E-state index >= 15 is 0 Å². The second-order valence-corrected chi connectivity index (χ2v) is 7.45. The Morgan fingerprint density at radius 2 is 2.23 bits per heavy atom. The lowest BCUT2D eigenvalue weighted by atomic mass is 10.1. The van der Waals surface area contributed by atoms with Gasteiger partial charge >= 0.3 is 0 Å². The van der Waals surface area contributed by atoms with Crippen molar-refractivity contribution < 1.29 is 9.21 Å². The summed E-state index contributed by atoms with van der Waals surface area (Å²) in [5.74, 6) is 0.251. The van der Waals surface area contributed by atoms with E-state index in [1.165, 1.54) is 0 Å². The summed E-state index contributed by atoms with van der Waals surface area (Å²) in [7, 11) is 4.11. The molecule has 3 aromatic rings. The van der Waals surface area contributed by atoms with Gasteiger partial charge in [-0.1, -0.05) is 11.6 Å². The first-order chi connectivity index (χ1) is 12.5. The van der Waals surface area contributed by atoms with Crippen LogP contribution in [0.25, 0.3) is 11.0 Å². The summed E-state index contributed by atoms with van der Waals surface area (Å²) < 4.78 is 7.95. The molecule has 0 bridgehead atoms. The predicted octanol–water partition coefficient (Wildman–Crippen LogP) is 3.43. The standard InChI is InChI=1S/C19H21ClN4O2/c1-22(2)6-5-15-10-23(11-16-9-21-12-24(15)16)19(25)18-8-13-7-14(20)3-4-17(13)26-18/h3-4,7-9,12,15H,5-6,10-11H2,1-2H3/t15-/m0/s1. The highest BCUT2D eigenvalue weighted by atomic mass is 35.5. The van der Waals surface area contributed by atoms with Crippen molar-refractivity contribution in [2.24, 2.45) is 0 Å². The van der Waals surface area contributed by atoms with E-state index in [9.17, 15) is 4.79 Å². The van der Waals surface area contributed by atoms with Crippen LogP contribution in [0.2, 0.25) is 5.02 Å². The number of furan rings is 1. The van der Waals surface area contributed by atoms with Crippen molar-refractivity contribution >= 4 is 28.5 Å². The summed E-state index contributed by atoms with van der Waals surface area (Å²) in [5.41, 5.74) is 1.72. The molecular weight excluding hydrogens is 352 g/mol. The molecule has 6 nitrogen and oxygen atoms in total. The summed E-state index contributed by atoms with van der Waals surface area (Å²) in [6.45, 7) is 2.14. The number of carbonyl (C=O) groups excluding carboxylic acids is 1. The number of fused-ring (bicyclic) bond motifs is 2. The van der Waals surface area contributed by atoms with Gasteiger partial charge in [-0.2, -0.15) is 0 Å². The molecule has 2 aromatic heterocycles. The summed E-state index contributed by atoms with van der Waals surface area (Å²) in [6.07, 6.45) is 4.65. The van der Waals surface area contributed by atoms with Gasteiger partial charge in [0.15, 0.2) is 5.76 Å². The highest BCUT2D eigenvalue weighted by molar-refractivity contribution is 6.31. The molecule has 0 spiro atoms. The van der Waals surface area contributed by atoms with Crippen LogP contribution in [0.4, 0.5) is 0 Å². The maximum Gasteiger partial charge on any atom is 0.290 e. The smallest absolute Gasteiger partial charge is 0.290 e. The highest BCUT2D eigenvalue weighted by Crippen LogP contribution is 2.28. The minimum Gasteiger partial charge on any atom is -0.451 e. The number of hydrogen-bond acceptors (Lipinski definition) is 4. The third-order valence-corrected chi connectivity index (χ3v) is 5.04. The Labute approximate surface area is 157 Å². The van der Waals surface area contributed by atoms with E-state index in [-0.39, 0.29) is 11.9 Å². The number of carbonyl (C=O) groups is 1. The third kappa shape index (κ3) is 3.22. The second-order valence-electron chi connectivity index (χ2n) is 7.02. The maximum atomic E-state index is 13.0. The maximum absolute atomic E-state index is 13.0. The zero-order chi connectivity index (χ0) is 18.3. The van der Waals surface area contributed by atoms with Crippen LogP contribution < -0.4 is 0 Å². The quantitative estimate of drug-likeness (QED) is 0.704. The number of amides is 1. The van der Waals surface area contributed by atoms with Crippen LogP contribution in [0.5, 0.6) is 0 Å². The van der Waals surface area contributed by atoms with Crippen molar-refractivity contribution in [3.05, 3.63) is 53.3 Å². The molecule has 1 atom stereocenters. The van der Waals surface area contributed by atoms with Gasteiger partial charge in [0.05, 0.1) is 24.6 Å². The summed E-state index contributed by atoms with van der Waals surface area (Å²) in [5, 5.41) is 1.47. The van der Waals surface area contributed by atoms with Crippen LogP contribution in [0.3, 0.4) is 0 Å². The first kappa shape index (κ1) is 17.1. The fraction of sp³-hybridized carbons (Fsp3) is 0.368. The van der Waals surface area contributed by atoms with Crippen LogP contribution in [-0.4, -0.2) is 52.4 Å². The zero-order valence-corrected chi connectivity index (χ0v) is 15.6. The van der Waals surface area contributed by atoms with Gasteiger partial charge in [-0.25, -0.2) is 4.98 Å². The molecule has 26 heavy (non-hydrogen) atoms. The molecule has 0 saturated heterocycles. The SMILES string of the molecule is CN(C)CC[C@H]1CN(C(=O)c2cc3cc(Cl)ccc3o2)Cc2cncn21. The van der Waals surface area contributed by atoms with Crippen LogP contribution in [0, 0.1) is 0 Å². The molecule has 0 N–H and O–H groups in total. The van der Waals surface area contributed by atoms with Gasteiger partial charge in [-0.3, -0.25) is 4.79 Å². The number of hydrogen-bond donors (Lipinski definition) is 0. The molecule has 1 amide bonds. The Morgan fingerprint density at radius 3 is 3.04 bits per heavy atom. The van der Waals surface area contributed by atoms with Crippen molar-refractivity contribution in [2.45, 2.75) is 19.0 Å². The number of halogens is 1. The highest BCUT2D eigenvalue weighted by Gasteiger charge is 2.30. The van der Waals surface area contributed by atoms with Crippen molar-refractivity contribution in [3.8, 4) is 0 Å². The number of benzene rings is 1. The van der Waals surface area contributed by atoms with E-state index < -0.39 is 0 Å². The Balaban J connectivity index is 1.59. The average molecular weight is 373 g/mol. The molecule has 7 heteroatoms. The summed E-state index contributed by atoms with van der Waals surface area (Å²) >= 11 is 6.03. The van der Waals surface area contributed by atoms with Gasteiger partial charge in [0, 0.05) is 23.2 Å². The van der Waals surface area contributed by atoms with Crippen LogP contribution in [0.15, 0.2) is 41.2 Å². The van der Waals surface area contributed by atoms with Gasteiger partial charge in [-0.15, -0.1) is 0 Å². The van der Waals surface area contributed by atoms with Gasteiger partial charge in [-0.05, 0) is 51.3 Å². The lowest BCUT2D eigenvalue weighted by Crippen LogP contribution is -2.41. The van der Waals surface area contributed by atoms with E-state index in [2.05, 4.69) is 28.5 Å². The van der Waals surface area contributed by atoms with Gasteiger partial charge in [0.2, 0.25) is 0 Å². The van der Waals surface area contributed by atoms with Crippen molar-refractivity contribution in [1.82, 2.24) is 19.4 Å². The zero-order valence-electron chi connectivity index (χ0n) is 14.9. The molecule has 0 aliphatic carbocycles. The minimum absolute atomic E-state index is 0.0976. The first-order valence-electron chi connectivity index (χ1n) is 8.65. The van der Waals surface area contributed by atoms with Crippen molar-refractivity contribution in [2.75, 3.05) is 27.2 Å². The van der Waals surface area contributed by atoms with Gasteiger partial charge < -0.3 is 18.8 Å². The molecule has 1 aliphatic rings. The van der Waals surface area contributed by atoms with E-state index in [0.29, 0.717) is 29.5 Å². The topological polar surface area (TPSA) is 54.5 Å². The Morgan fingerprint density at radius 1 is 1.38 bits per heavy atom. The van der Waals surface area contributed by atoms with E-state index in [1.807, 2.05) is 23.5 Å². The van der Waals surface area contributed by atoms with Gasteiger partial charge in [0.25, 0.3) is 5.91 Å². The molecule has 0 fully saturated rings. The van der Waals surface area contributed by atoms with Crippen LogP contribution >= 0.6 is 11.6 Å².